The average molecular weight is 342 g/mol. The Labute approximate surface area is 145 Å². The summed E-state index contributed by atoms with van der Waals surface area (Å²) in [5.74, 6) is -0.298. The number of carbonyl (C=O) groups is 1. The zero-order valence-corrected chi connectivity index (χ0v) is 15.7. The van der Waals surface area contributed by atoms with Crippen molar-refractivity contribution in [1.82, 2.24) is 14.3 Å². The summed E-state index contributed by atoms with van der Waals surface area (Å²) in [5.41, 5.74) is 4.94. The standard InChI is InChI=1S/C18H22N4OS/c1-10(2)22-13(5)9-14(20-22)17(23)19-18-21(6)15-7-11(3)12(4)8-16(15)24-18/h7-10H,1-6H3. The number of carbonyl (C=O) groups excluding carboxylic acids is 1. The second-order valence-electron chi connectivity index (χ2n) is 6.47. The van der Waals surface area contributed by atoms with E-state index in [1.165, 1.54) is 22.5 Å². The van der Waals surface area contributed by atoms with E-state index >= 15 is 0 Å². The Hall–Kier alpha value is -2.21. The molecule has 2 aromatic heterocycles. The molecule has 0 radical (unpaired) electrons. The van der Waals surface area contributed by atoms with Gasteiger partial charge in [-0.3, -0.25) is 9.48 Å². The molecule has 0 fully saturated rings. The van der Waals surface area contributed by atoms with Crippen molar-refractivity contribution in [2.24, 2.45) is 12.0 Å². The Balaban J connectivity index is 2.08. The molecule has 3 rings (SSSR count). The fourth-order valence-electron chi connectivity index (χ4n) is 2.75. The Kier molecular flexibility index (Phi) is 4.17. The zero-order valence-electron chi connectivity index (χ0n) is 14.9. The van der Waals surface area contributed by atoms with E-state index in [1.54, 1.807) is 6.07 Å². The van der Waals surface area contributed by atoms with E-state index in [0.29, 0.717) is 10.5 Å². The van der Waals surface area contributed by atoms with Crippen molar-refractivity contribution in [2.45, 2.75) is 40.7 Å². The smallest absolute Gasteiger partial charge is 0.300 e. The van der Waals surface area contributed by atoms with E-state index in [-0.39, 0.29) is 11.9 Å². The molecule has 24 heavy (non-hydrogen) atoms. The third-order valence-electron chi connectivity index (χ3n) is 4.25. The topological polar surface area (TPSA) is 52.2 Å². The Morgan fingerprint density at radius 2 is 1.83 bits per heavy atom. The third kappa shape index (κ3) is 2.82. The average Bonchev–Trinajstić information content (AvgIpc) is 3.03. The number of benzene rings is 1. The molecule has 0 spiro atoms. The van der Waals surface area contributed by atoms with Crippen LogP contribution in [-0.2, 0) is 7.05 Å². The van der Waals surface area contributed by atoms with Crippen molar-refractivity contribution < 1.29 is 4.79 Å². The number of thiazole rings is 1. The number of hydrogen-bond donors (Lipinski definition) is 0. The van der Waals surface area contributed by atoms with E-state index < -0.39 is 0 Å². The van der Waals surface area contributed by atoms with Gasteiger partial charge in [-0.15, -0.1) is 0 Å². The lowest BCUT2D eigenvalue weighted by Gasteiger charge is -2.06. The van der Waals surface area contributed by atoms with Crippen molar-refractivity contribution in [3.05, 3.63) is 45.5 Å². The molecule has 0 atom stereocenters. The Morgan fingerprint density at radius 1 is 1.17 bits per heavy atom. The van der Waals surface area contributed by atoms with Gasteiger partial charge in [0, 0.05) is 18.8 Å². The second-order valence-corrected chi connectivity index (χ2v) is 7.48. The third-order valence-corrected chi connectivity index (χ3v) is 5.35. The highest BCUT2D eigenvalue weighted by Crippen LogP contribution is 2.21. The molecule has 3 aromatic rings. The minimum Gasteiger partial charge on any atom is -0.319 e. The van der Waals surface area contributed by atoms with Crippen LogP contribution >= 0.6 is 11.3 Å². The first-order chi connectivity index (χ1) is 11.3. The molecule has 0 bridgehead atoms. The number of fused-ring (bicyclic) bond motifs is 1. The lowest BCUT2D eigenvalue weighted by Crippen LogP contribution is -2.14. The molecule has 1 aromatic carbocycles. The monoisotopic (exact) mass is 342 g/mol. The van der Waals surface area contributed by atoms with Gasteiger partial charge in [-0.05, 0) is 63.9 Å². The van der Waals surface area contributed by atoms with Crippen LogP contribution in [0.4, 0.5) is 0 Å². The molecule has 0 saturated heterocycles. The van der Waals surface area contributed by atoms with Gasteiger partial charge in [-0.2, -0.15) is 10.1 Å². The number of amides is 1. The molecule has 1 amide bonds. The summed E-state index contributed by atoms with van der Waals surface area (Å²) in [7, 11) is 1.94. The highest BCUT2D eigenvalue weighted by atomic mass is 32.1. The lowest BCUT2D eigenvalue weighted by atomic mass is 10.1. The maximum absolute atomic E-state index is 12.5. The first-order valence-corrected chi connectivity index (χ1v) is 8.81. The largest absolute Gasteiger partial charge is 0.319 e. The van der Waals surface area contributed by atoms with Gasteiger partial charge in [0.25, 0.3) is 5.91 Å². The van der Waals surface area contributed by atoms with Gasteiger partial charge in [0.1, 0.15) is 0 Å². The number of aryl methyl sites for hydroxylation is 4. The highest BCUT2D eigenvalue weighted by Gasteiger charge is 2.14. The highest BCUT2D eigenvalue weighted by molar-refractivity contribution is 7.16. The van der Waals surface area contributed by atoms with Crippen LogP contribution in [0.3, 0.4) is 0 Å². The van der Waals surface area contributed by atoms with Gasteiger partial charge in [-0.25, -0.2) is 0 Å². The summed E-state index contributed by atoms with van der Waals surface area (Å²) in [6.07, 6.45) is 0. The lowest BCUT2D eigenvalue weighted by molar-refractivity contribution is 0.0992. The van der Waals surface area contributed by atoms with E-state index in [2.05, 4.69) is 36.1 Å². The van der Waals surface area contributed by atoms with Crippen molar-refractivity contribution in [3.63, 3.8) is 0 Å². The minimum atomic E-state index is -0.298. The first kappa shape index (κ1) is 16.6. The van der Waals surface area contributed by atoms with E-state index in [1.807, 2.05) is 37.1 Å². The van der Waals surface area contributed by atoms with Gasteiger partial charge in [0.2, 0.25) is 0 Å². The quantitative estimate of drug-likeness (QED) is 0.713. The van der Waals surface area contributed by atoms with Gasteiger partial charge in [-0.1, -0.05) is 11.3 Å². The molecule has 0 aliphatic carbocycles. The maximum Gasteiger partial charge on any atom is 0.300 e. The number of nitrogens with zero attached hydrogens (tertiary/aromatic N) is 4. The predicted molar refractivity (Wildman–Crippen MR) is 97.5 cm³/mol. The van der Waals surface area contributed by atoms with Crippen molar-refractivity contribution in [2.75, 3.05) is 0 Å². The molecule has 6 heteroatoms. The molecule has 0 saturated carbocycles. The molecule has 2 heterocycles. The molecule has 5 nitrogen and oxygen atoms in total. The molecular weight excluding hydrogens is 320 g/mol. The van der Waals surface area contributed by atoms with Crippen LogP contribution in [0.5, 0.6) is 0 Å². The van der Waals surface area contributed by atoms with Gasteiger partial charge >= 0.3 is 0 Å². The Morgan fingerprint density at radius 3 is 2.46 bits per heavy atom. The fraction of sp³-hybridized carbons (Fsp3) is 0.389. The summed E-state index contributed by atoms with van der Waals surface area (Å²) in [6, 6.07) is 6.31. The molecular formula is C18H22N4OS. The molecule has 0 aliphatic rings. The summed E-state index contributed by atoms with van der Waals surface area (Å²) in [4.78, 5) is 17.5. The minimum absolute atomic E-state index is 0.220. The van der Waals surface area contributed by atoms with Crippen molar-refractivity contribution in [1.29, 1.82) is 0 Å². The van der Waals surface area contributed by atoms with Crippen LogP contribution in [0.15, 0.2) is 23.2 Å². The van der Waals surface area contributed by atoms with Gasteiger partial charge in [0.15, 0.2) is 10.5 Å². The van der Waals surface area contributed by atoms with Crippen LogP contribution < -0.4 is 4.80 Å². The van der Waals surface area contributed by atoms with E-state index in [4.69, 9.17) is 0 Å². The van der Waals surface area contributed by atoms with Gasteiger partial charge < -0.3 is 4.57 Å². The number of rotatable bonds is 2. The van der Waals surface area contributed by atoms with Crippen LogP contribution in [0, 0.1) is 20.8 Å². The van der Waals surface area contributed by atoms with E-state index in [0.717, 1.165) is 15.9 Å². The van der Waals surface area contributed by atoms with Crippen LogP contribution in [0.2, 0.25) is 0 Å². The summed E-state index contributed by atoms with van der Waals surface area (Å²) >= 11 is 1.53. The molecule has 0 unspecified atom stereocenters. The number of aromatic nitrogens is 3. The van der Waals surface area contributed by atoms with Crippen LogP contribution in [0.1, 0.15) is 47.2 Å². The summed E-state index contributed by atoms with van der Waals surface area (Å²) in [6.45, 7) is 10.2. The predicted octanol–water partition coefficient (Wildman–Crippen LogP) is 3.68. The van der Waals surface area contributed by atoms with Crippen molar-refractivity contribution in [3.8, 4) is 0 Å². The first-order valence-electron chi connectivity index (χ1n) is 8.00. The van der Waals surface area contributed by atoms with E-state index in [9.17, 15) is 4.79 Å². The second kappa shape index (κ2) is 6.02. The molecule has 126 valence electrons. The van der Waals surface area contributed by atoms with Crippen LogP contribution in [-0.4, -0.2) is 20.3 Å². The molecule has 0 aliphatic heterocycles. The molecule has 0 N–H and O–H groups in total. The maximum atomic E-state index is 12.5. The zero-order chi connectivity index (χ0) is 17.6. The summed E-state index contributed by atoms with van der Waals surface area (Å²) in [5, 5.41) is 4.39. The normalized spacial score (nSPS) is 12.5. The summed E-state index contributed by atoms with van der Waals surface area (Å²) < 4.78 is 4.95. The fourth-order valence-corrected chi connectivity index (χ4v) is 3.84. The SMILES string of the molecule is Cc1cc2sc(=NC(=O)c3cc(C)n(C(C)C)n3)n(C)c2cc1C. The van der Waals surface area contributed by atoms with Crippen LogP contribution in [0.25, 0.3) is 10.2 Å². The van der Waals surface area contributed by atoms with Gasteiger partial charge in [0.05, 0.1) is 10.2 Å². The number of hydrogen-bond acceptors (Lipinski definition) is 3. The Bertz CT molecular complexity index is 1000. The van der Waals surface area contributed by atoms with Crippen molar-refractivity contribution >= 4 is 27.5 Å².